The first kappa shape index (κ1) is 26.0. The Morgan fingerprint density at radius 2 is 1.94 bits per heavy atom. The van der Waals surface area contributed by atoms with E-state index in [-0.39, 0.29) is 42.2 Å². The second-order valence-corrected chi connectivity index (χ2v) is 12.1. The second-order valence-electron chi connectivity index (χ2n) is 12.1. The van der Waals surface area contributed by atoms with E-state index in [4.69, 9.17) is 14.2 Å². The van der Waals surface area contributed by atoms with Crippen molar-refractivity contribution in [2.24, 2.45) is 28.6 Å². The molecule has 6 heteroatoms. The minimum atomic E-state index is -1.36. The largest absolute Gasteiger partial charge is 0.392 e. The number of ketones is 1. The molecule has 0 saturated heterocycles. The molecule has 0 radical (unpaired) electrons. The molecule has 0 aromatic rings. The van der Waals surface area contributed by atoms with Crippen LogP contribution in [0, 0.1) is 28.6 Å². The number of aliphatic hydroxyl groups excluding tert-OH is 1. The summed E-state index contributed by atoms with van der Waals surface area (Å²) in [4.78, 5) is 12.2. The lowest BCUT2D eigenvalue weighted by atomic mass is 9.49. The molecule has 0 heterocycles. The van der Waals surface area contributed by atoms with E-state index in [1.165, 1.54) is 25.0 Å². The molecule has 0 aromatic heterocycles. The van der Waals surface area contributed by atoms with Crippen molar-refractivity contribution >= 4 is 5.78 Å². The van der Waals surface area contributed by atoms with Crippen molar-refractivity contribution in [2.75, 3.05) is 20.5 Å². The maximum Gasteiger partial charge on any atom is 0.189 e. The average molecular weight is 477 g/mol. The van der Waals surface area contributed by atoms with Gasteiger partial charge < -0.3 is 24.4 Å². The smallest absolute Gasteiger partial charge is 0.189 e. The number of carbonyl (C=O) groups is 1. The molecule has 4 rings (SSSR count). The fourth-order valence-corrected chi connectivity index (χ4v) is 7.63. The van der Waals surface area contributed by atoms with Crippen LogP contribution in [0.5, 0.6) is 0 Å². The molecule has 3 saturated carbocycles. The van der Waals surface area contributed by atoms with Crippen molar-refractivity contribution in [1.29, 1.82) is 0 Å². The van der Waals surface area contributed by atoms with Crippen LogP contribution >= 0.6 is 0 Å². The second kappa shape index (κ2) is 9.44. The van der Waals surface area contributed by atoms with Crippen LogP contribution in [0.4, 0.5) is 0 Å². The first-order chi connectivity index (χ1) is 15.9. The van der Waals surface area contributed by atoms with Crippen molar-refractivity contribution in [3.63, 3.8) is 0 Å². The summed E-state index contributed by atoms with van der Waals surface area (Å²) >= 11 is 0. The molecule has 0 spiro atoms. The van der Waals surface area contributed by atoms with Crippen molar-refractivity contribution in [1.82, 2.24) is 0 Å². The summed E-state index contributed by atoms with van der Waals surface area (Å²) < 4.78 is 16.9. The molecule has 34 heavy (non-hydrogen) atoms. The Balaban J connectivity index is 1.52. The van der Waals surface area contributed by atoms with Gasteiger partial charge in [0.2, 0.25) is 0 Å². The van der Waals surface area contributed by atoms with E-state index < -0.39 is 11.7 Å². The summed E-state index contributed by atoms with van der Waals surface area (Å²) in [6.07, 6.45) is 9.97. The fourth-order valence-electron chi connectivity index (χ4n) is 7.63. The molecular weight excluding hydrogens is 432 g/mol. The fraction of sp³-hybridized carbons (Fsp3) is 0.821. The molecule has 0 aliphatic heterocycles. The van der Waals surface area contributed by atoms with Crippen LogP contribution in [-0.4, -0.2) is 60.4 Å². The first-order valence-corrected chi connectivity index (χ1v) is 13.0. The third kappa shape index (κ3) is 4.34. The highest BCUT2D eigenvalue weighted by Crippen LogP contribution is 2.65. The Kier molecular flexibility index (Phi) is 7.22. The van der Waals surface area contributed by atoms with Crippen molar-refractivity contribution < 1.29 is 29.2 Å². The number of rotatable bonds is 8. The Labute approximate surface area is 204 Å². The van der Waals surface area contributed by atoms with Gasteiger partial charge in [0, 0.05) is 18.9 Å². The van der Waals surface area contributed by atoms with E-state index in [1.807, 2.05) is 0 Å². The van der Waals surface area contributed by atoms with E-state index in [0.717, 1.165) is 32.1 Å². The molecule has 4 aliphatic rings. The maximum absolute atomic E-state index is 12.2. The Bertz CT molecular complexity index is 840. The molecule has 192 valence electrons. The summed E-state index contributed by atoms with van der Waals surface area (Å²) in [5.74, 6) is 0.921. The van der Waals surface area contributed by atoms with Gasteiger partial charge in [-0.3, -0.25) is 4.79 Å². The third-order valence-electron chi connectivity index (χ3n) is 9.85. The summed E-state index contributed by atoms with van der Waals surface area (Å²) in [5.41, 5.74) is 1.32. The predicted molar refractivity (Wildman–Crippen MR) is 130 cm³/mol. The number of allylic oxidation sites excluding steroid dienone is 3. The summed E-state index contributed by atoms with van der Waals surface area (Å²) in [7, 11) is 1.63. The molecule has 0 aromatic carbocycles. The SMILES string of the molecule is COCO[C@@H]1CC2=CC=C3[C@@H]4CC[C@H]([C@H](C)OCC(=O)C(C)(C)O)[C@@]4(C)CC[C@@H]3[C@@]2(C)[C@@H](O)C1. The minimum Gasteiger partial charge on any atom is -0.392 e. The molecule has 8 atom stereocenters. The van der Waals surface area contributed by atoms with E-state index in [2.05, 4.69) is 32.9 Å². The van der Waals surface area contributed by atoms with Gasteiger partial charge in [0.25, 0.3) is 0 Å². The van der Waals surface area contributed by atoms with Gasteiger partial charge in [-0.25, -0.2) is 0 Å². The van der Waals surface area contributed by atoms with Crippen LogP contribution in [-0.2, 0) is 19.0 Å². The molecule has 0 bridgehead atoms. The summed E-state index contributed by atoms with van der Waals surface area (Å²) in [6.45, 7) is 9.99. The van der Waals surface area contributed by atoms with Gasteiger partial charge in [-0.15, -0.1) is 0 Å². The average Bonchev–Trinajstić information content (AvgIpc) is 3.13. The van der Waals surface area contributed by atoms with Gasteiger partial charge in [0.05, 0.1) is 18.3 Å². The zero-order valence-electron chi connectivity index (χ0n) is 21.8. The van der Waals surface area contributed by atoms with Gasteiger partial charge in [-0.05, 0) is 76.0 Å². The highest BCUT2D eigenvalue weighted by atomic mass is 16.7. The molecular formula is C28H44O6. The molecule has 6 nitrogen and oxygen atoms in total. The topological polar surface area (TPSA) is 85.2 Å². The minimum absolute atomic E-state index is 0.00134. The van der Waals surface area contributed by atoms with Gasteiger partial charge in [0.15, 0.2) is 5.78 Å². The van der Waals surface area contributed by atoms with Crippen molar-refractivity contribution in [3.8, 4) is 0 Å². The van der Waals surface area contributed by atoms with Gasteiger partial charge in [-0.1, -0.05) is 37.1 Å². The maximum atomic E-state index is 12.2. The summed E-state index contributed by atoms with van der Waals surface area (Å²) in [5, 5.41) is 21.3. The standard InChI is InChI=1S/C28H44O6/c1-17(33-15-25(30)26(2,3)31)21-9-10-22-20-8-7-18-13-19(34-16-32-6)14-24(29)28(18,5)23(20)11-12-27(21,22)4/h7-8,17,19,21-24,29,31H,9-16H2,1-6H3/t17-,19+,21+,22-,23-,24-,27+,28-/m0/s1. The van der Waals surface area contributed by atoms with Crippen LogP contribution < -0.4 is 0 Å². The lowest BCUT2D eigenvalue weighted by molar-refractivity contribution is -0.143. The first-order valence-electron chi connectivity index (χ1n) is 13.0. The highest BCUT2D eigenvalue weighted by Gasteiger charge is 2.59. The molecule has 4 aliphatic carbocycles. The zero-order valence-corrected chi connectivity index (χ0v) is 21.8. The highest BCUT2D eigenvalue weighted by molar-refractivity contribution is 5.87. The van der Waals surface area contributed by atoms with Gasteiger partial charge >= 0.3 is 0 Å². The normalized spacial score (nSPS) is 40.5. The number of carbonyl (C=O) groups excluding carboxylic acids is 1. The molecule has 0 amide bonds. The lowest BCUT2D eigenvalue weighted by Crippen LogP contribution is -2.53. The van der Waals surface area contributed by atoms with Crippen LogP contribution in [0.15, 0.2) is 23.3 Å². The van der Waals surface area contributed by atoms with E-state index in [0.29, 0.717) is 24.2 Å². The Morgan fingerprint density at radius 3 is 2.62 bits per heavy atom. The van der Waals surface area contributed by atoms with Crippen molar-refractivity contribution in [2.45, 2.75) is 97.1 Å². The Hall–Kier alpha value is -1.05. The number of Topliss-reactive ketones (excluding diaryl/α,β-unsaturated/α-hetero) is 1. The lowest BCUT2D eigenvalue weighted by Gasteiger charge is -2.56. The Morgan fingerprint density at radius 1 is 1.21 bits per heavy atom. The molecule has 0 unspecified atom stereocenters. The van der Waals surface area contributed by atoms with Gasteiger partial charge in [-0.2, -0.15) is 0 Å². The monoisotopic (exact) mass is 476 g/mol. The molecule has 3 fully saturated rings. The number of methoxy groups -OCH3 is 1. The third-order valence-corrected chi connectivity index (χ3v) is 9.85. The van der Waals surface area contributed by atoms with Crippen molar-refractivity contribution in [3.05, 3.63) is 23.3 Å². The molecule has 2 N–H and O–H groups in total. The van der Waals surface area contributed by atoms with Crippen LogP contribution in [0.2, 0.25) is 0 Å². The van der Waals surface area contributed by atoms with Gasteiger partial charge in [0.1, 0.15) is 19.0 Å². The van der Waals surface area contributed by atoms with Crippen LogP contribution in [0.3, 0.4) is 0 Å². The van der Waals surface area contributed by atoms with E-state index in [1.54, 1.807) is 7.11 Å². The summed E-state index contributed by atoms with van der Waals surface area (Å²) in [6, 6.07) is 0. The quantitative estimate of drug-likeness (QED) is 0.511. The van der Waals surface area contributed by atoms with Crippen LogP contribution in [0.1, 0.15) is 73.1 Å². The number of ether oxygens (including phenoxy) is 3. The number of aliphatic hydroxyl groups is 2. The number of hydrogen-bond donors (Lipinski definition) is 2. The van der Waals surface area contributed by atoms with Crippen LogP contribution in [0.25, 0.3) is 0 Å². The number of fused-ring (bicyclic) bond motifs is 5. The van der Waals surface area contributed by atoms with E-state index in [9.17, 15) is 15.0 Å². The predicted octanol–water partition coefficient (Wildman–Crippen LogP) is 4.19. The van der Waals surface area contributed by atoms with E-state index >= 15 is 0 Å². The number of hydrogen-bond acceptors (Lipinski definition) is 6. The zero-order chi connectivity index (χ0) is 24.9.